The van der Waals surface area contributed by atoms with Crippen LogP contribution in [0.4, 0.5) is 11.4 Å². The lowest BCUT2D eigenvalue weighted by Crippen LogP contribution is -2.56. The number of fused-ring (bicyclic) bond motifs is 1. The molecule has 6 nitrogen and oxygen atoms in total. The standard InChI is InChI=1S/C13H13BrN4O2/c1-17(9-5-15-6-9)13-10-4-8(14)2-3-11(10)16-7-12(13)18(19)20/h2-4,7,9,15H,5-6H2,1H3. The van der Waals surface area contributed by atoms with Gasteiger partial charge in [-0.2, -0.15) is 0 Å². The third-order valence-corrected chi connectivity index (χ3v) is 4.13. The summed E-state index contributed by atoms with van der Waals surface area (Å²) >= 11 is 3.42. The van der Waals surface area contributed by atoms with E-state index in [-0.39, 0.29) is 16.7 Å². The summed E-state index contributed by atoms with van der Waals surface area (Å²) in [6, 6.07) is 5.90. The maximum Gasteiger partial charge on any atom is 0.311 e. The van der Waals surface area contributed by atoms with Gasteiger partial charge in [0, 0.05) is 30.0 Å². The number of nitro groups is 1. The van der Waals surface area contributed by atoms with Crippen LogP contribution in [0.2, 0.25) is 0 Å². The van der Waals surface area contributed by atoms with E-state index in [1.54, 1.807) is 0 Å². The van der Waals surface area contributed by atoms with Crippen LogP contribution < -0.4 is 10.2 Å². The van der Waals surface area contributed by atoms with Gasteiger partial charge in [-0.25, -0.2) is 4.98 Å². The number of benzene rings is 1. The Balaban J connectivity index is 2.24. The molecule has 1 aromatic heterocycles. The molecule has 0 unspecified atom stereocenters. The summed E-state index contributed by atoms with van der Waals surface area (Å²) in [5.41, 5.74) is 1.44. The molecule has 7 heteroatoms. The van der Waals surface area contributed by atoms with Crippen molar-refractivity contribution in [1.82, 2.24) is 10.3 Å². The van der Waals surface area contributed by atoms with Crippen molar-refractivity contribution in [2.24, 2.45) is 0 Å². The van der Waals surface area contributed by atoms with Crippen molar-refractivity contribution in [2.45, 2.75) is 6.04 Å². The van der Waals surface area contributed by atoms with Crippen molar-refractivity contribution in [3.8, 4) is 0 Å². The summed E-state index contributed by atoms with van der Waals surface area (Å²) in [6.45, 7) is 1.68. The molecule has 0 amide bonds. The number of hydrogen-bond donors (Lipinski definition) is 1. The second kappa shape index (κ2) is 4.99. The number of anilines is 1. The van der Waals surface area contributed by atoms with Gasteiger partial charge in [0.15, 0.2) is 0 Å². The van der Waals surface area contributed by atoms with Crippen LogP contribution in [0, 0.1) is 10.1 Å². The normalized spacial score (nSPS) is 15.1. The predicted molar refractivity (Wildman–Crippen MR) is 81.2 cm³/mol. The fourth-order valence-electron chi connectivity index (χ4n) is 2.37. The van der Waals surface area contributed by atoms with Gasteiger partial charge in [-0.05, 0) is 18.2 Å². The molecule has 20 heavy (non-hydrogen) atoms. The fourth-order valence-corrected chi connectivity index (χ4v) is 2.74. The van der Waals surface area contributed by atoms with Crippen LogP contribution in [0.3, 0.4) is 0 Å². The highest BCUT2D eigenvalue weighted by molar-refractivity contribution is 9.10. The third kappa shape index (κ3) is 2.12. The van der Waals surface area contributed by atoms with Crippen molar-refractivity contribution >= 4 is 38.2 Å². The van der Waals surface area contributed by atoms with Crippen LogP contribution in [-0.4, -0.2) is 36.1 Å². The average Bonchev–Trinajstić information content (AvgIpc) is 2.34. The second-order valence-corrected chi connectivity index (χ2v) is 5.75. The molecule has 1 aromatic carbocycles. The van der Waals surface area contributed by atoms with E-state index in [0.717, 1.165) is 28.5 Å². The van der Waals surface area contributed by atoms with Crippen molar-refractivity contribution in [3.05, 3.63) is 39.0 Å². The van der Waals surface area contributed by atoms with E-state index in [0.29, 0.717) is 5.69 Å². The summed E-state index contributed by atoms with van der Waals surface area (Å²) in [5.74, 6) is 0. The van der Waals surface area contributed by atoms with Gasteiger partial charge in [0.05, 0.1) is 16.5 Å². The molecule has 1 aliphatic heterocycles. The van der Waals surface area contributed by atoms with Crippen molar-refractivity contribution in [1.29, 1.82) is 0 Å². The first-order valence-corrected chi connectivity index (χ1v) is 7.03. The quantitative estimate of drug-likeness (QED) is 0.687. The molecule has 0 bridgehead atoms. The van der Waals surface area contributed by atoms with Crippen LogP contribution >= 0.6 is 15.9 Å². The Morgan fingerprint density at radius 3 is 2.85 bits per heavy atom. The molecule has 104 valence electrons. The first-order valence-electron chi connectivity index (χ1n) is 6.24. The highest BCUT2D eigenvalue weighted by atomic mass is 79.9. The Labute approximate surface area is 124 Å². The second-order valence-electron chi connectivity index (χ2n) is 4.83. The Kier molecular flexibility index (Phi) is 3.31. The molecule has 0 aliphatic carbocycles. The smallest absolute Gasteiger partial charge is 0.311 e. The fraction of sp³-hybridized carbons (Fsp3) is 0.308. The maximum atomic E-state index is 11.3. The molecule has 0 radical (unpaired) electrons. The summed E-state index contributed by atoms with van der Waals surface area (Å²) in [5, 5.41) is 15.3. The highest BCUT2D eigenvalue weighted by Crippen LogP contribution is 2.36. The molecule has 1 N–H and O–H groups in total. The van der Waals surface area contributed by atoms with Gasteiger partial charge in [0.1, 0.15) is 11.9 Å². The largest absolute Gasteiger partial charge is 0.363 e. The van der Waals surface area contributed by atoms with Crippen LogP contribution in [0.1, 0.15) is 0 Å². The van der Waals surface area contributed by atoms with Gasteiger partial charge in [-0.3, -0.25) is 10.1 Å². The van der Waals surface area contributed by atoms with Gasteiger partial charge in [-0.1, -0.05) is 15.9 Å². The molecule has 2 heterocycles. The van der Waals surface area contributed by atoms with E-state index in [9.17, 15) is 10.1 Å². The average molecular weight is 337 g/mol. The third-order valence-electron chi connectivity index (χ3n) is 3.64. The van der Waals surface area contributed by atoms with Gasteiger partial charge in [0.25, 0.3) is 0 Å². The number of pyridine rings is 1. The molecule has 2 aromatic rings. The van der Waals surface area contributed by atoms with Gasteiger partial charge in [0.2, 0.25) is 0 Å². The van der Waals surface area contributed by atoms with Crippen molar-refractivity contribution in [3.63, 3.8) is 0 Å². The molecule has 0 saturated carbocycles. The minimum absolute atomic E-state index is 0.0463. The lowest BCUT2D eigenvalue weighted by atomic mass is 10.1. The Morgan fingerprint density at radius 2 is 2.25 bits per heavy atom. The number of likely N-dealkylation sites (N-methyl/N-ethyl adjacent to an activating group) is 1. The van der Waals surface area contributed by atoms with Crippen molar-refractivity contribution < 1.29 is 4.92 Å². The summed E-state index contributed by atoms with van der Waals surface area (Å²) < 4.78 is 0.883. The number of hydrogen-bond acceptors (Lipinski definition) is 5. The van der Waals surface area contributed by atoms with E-state index < -0.39 is 0 Å². The first kappa shape index (κ1) is 13.3. The van der Waals surface area contributed by atoms with E-state index in [4.69, 9.17) is 0 Å². The van der Waals surface area contributed by atoms with Gasteiger partial charge in [-0.15, -0.1) is 0 Å². The molecule has 1 fully saturated rings. The Morgan fingerprint density at radius 1 is 1.50 bits per heavy atom. The van der Waals surface area contributed by atoms with E-state index in [1.165, 1.54) is 6.20 Å². The zero-order chi connectivity index (χ0) is 14.3. The highest BCUT2D eigenvalue weighted by Gasteiger charge is 2.29. The summed E-state index contributed by atoms with van der Waals surface area (Å²) in [7, 11) is 1.90. The molecule has 1 saturated heterocycles. The van der Waals surface area contributed by atoms with Crippen LogP contribution in [-0.2, 0) is 0 Å². The van der Waals surface area contributed by atoms with Crippen LogP contribution in [0.25, 0.3) is 10.9 Å². The number of aromatic nitrogens is 1. The first-order chi connectivity index (χ1) is 9.58. The molecule has 0 atom stereocenters. The number of nitrogens with one attached hydrogen (secondary N) is 1. The van der Waals surface area contributed by atoms with Gasteiger partial charge < -0.3 is 10.2 Å². The number of halogens is 1. The van der Waals surface area contributed by atoms with Crippen LogP contribution in [0.15, 0.2) is 28.9 Å². The Hall–Kier alpha value is -1.73. The summed E-state index contributed by atoms with van der Waals surface area (Å²) in [4.78, 5) is 17.1. The van der Waals surface area contributed by atoms with E-state index in [2.05, 4.69) is 26.2 Å². The molecule has 3 rings (SSSR count). The number of rotatable bonds is 3. The molecule has 0 spiro atoms. The minimum atomic E-state index is -0.370. The topological polar surface area (TPSA) is 71.3 Å². The van der Waals surface area contributed by atoms with E-state index in [1.807, 2.05) is 30.1 Å². The van der Waals surface area contributed by atoms with Gasteiger partial charge >= 0.3 is 5.69 Å². The Bertz CT molecular complexity index is 687. The zero-order valence-electron chi connectivity index (χ0n) is 10.8. The molecular formula is C13H13BrN4O2. The lowest BCUT2D eigenvalue weighted by Gasteiger charge is -2.37. The zero-order valence-corrected chi connectivity index (χ0v) is 12.4. The van der Waals surface area contributed by atoms with Crippen molar-refractivity contribution in [2.75, 3.05) is 25.0 Å². The SMILES string of the molecule is CN(c1c([N+](=O)[O-])cnc2ccc(Br)cc12)C1CNC1. The number of nitrogens with zero attached hydrogens (tertiary/aromatic N) is 3. The monoisotopic (exact) mass is 336 g/mol. The summed E-state index contributed by atoms with van der Waals surface area (Å²) in [6.07, 6.45) is 1.34. The maximum absolute atomic E-state index is 11.3. The predicted octanol–water partition coefficient (Wildman–Crippen LogP) is 2.31. The molecular weight excluding hydrogens is 324 g/mol. The lowest BCUT2D eigenvalue weighted by molar-refractivity contribution is -0.384. The molecule has 1 aliphatic rings. The minimum Gasteiger partial charge on any atom is -0.363 e. The van der Waals surface area contributed by atoms with E-state index >= 15 is 0 Å². The van der Waals surface area contributed by atoms with Crippen LogP contribution in [0.5, 0.6) is 0 Å².